The third-order valence-electron chi connectivity index (χ3n) is 9.32. The molecule has 0 radical (unpaired) electrons. The highest BCUT2D eigenvalue weighted by atomic mass is 16.3. The fourth-order valence-corrected chi connectivity index (χ4v) is 6.88. The number of amides is 2. The Hall–Kier alpha value is -7.14. The highest BCUT2D eigenvalue weighted by molar-refractivity contribution is 6.00. The number of H-pyrrole nitrogens is 2. The van der Waals surface area contributed by atoms with Gasteiger partial charge in [-0.15, -0.1) is 0 Å². The van der Waals surface area contributed by atoms with E-state index in [1.807, 2.05) is 91.0 Å². The van der Waals surface area contributed by atoms with E-state index in [4.69, 9.17) is 0 Å². The number of aromatic nitrogens is 3. The van der Waals surface area contributed by atoms with E-state index in [0.29, 0.717) is 27.9 Å². The summed E-state index contributed by atoms with van der Waals surface area (Å²) in [6, 6.07) is 36.7. The average Bonchev–Trinajstić information content (AvgIpc) is 3.71. The first-order chi connectivity index (χ1) is 25.8. The van der Waals surface area contributed by atoms with Crippen molar-refractivity contribution in [3.8, 4) is 17.2 Å². The predicted molar refractivity (Wildman–Crippen MR) is 199 cm³/mol. The van der Waals surface area contributed by atoms with Gasteiger partial charge in [-0.3, -0.25) is 14.4 Å². The van der Waals surface area contributed by atoms with Crippen LogP contribution in [0.4, 0.5) is 0 Å². The molecule has 53 heavy (non-hydrogen) atoms. The van der Waals surface area contributed by atoms with Crippen molar-refractivity contribution in [3.63, 3.8) is 0 Å². The molecule has 7 rings (SSSR count). The van der Waals surface area contributed by atoms with Gasteiger partial charge in [-0.2, -0.15) is 0 Å². The van der Waals surface area contributed by atoms with E-state index in [0.717, 1.165) is 0 Å². The summed E-state index contributed by atoms with van der Waals surface area (Å²) in [4.78, 5) is 55.9. The number of fused-ring (bicyclic) bond motifs is 1. The lowest BCUT2D eigenvalue weighted by Crippen LogP contribution is -2.61. The largest absolute Gasteiger partial charge is 0.506 e. The molecule has 2 heterocycles. The summed E-state index contributed by atoms with van der Waals surface area (Å²) in [5, 5.41) is 34.0. The number of pyridine rings is 1. The second-order valence-corrected chi connectivity index (χ2v) is 12.6. The first-order valence-electron chi connectivity index (χ1n) is 16.9. The Bertz CT molecular complexity index is 2340. The molecule has 0 saturated carbocycles. The molecule has 2 amide bonds. The SMILES string of the molecule is O=C(NCc1ccc(O)c(O)c1)[C@H](Cc1cnc[nH]1)N(C(=O)c1cc(=O)c2cccc(O)c2[nH]1)C(c1ccccc1)(c1ccccc1)c1ccccc1. The zero-order valence-electron chi connectivity index (χ0n) is 28.3. The van der Waals surface area contributed by atoms with Gasteiger partial charge in [-0.25, -0.2) is 4.98 Å². The number of imidazole rings is 1. The van der Waals surface area contributed by atoms with E-state index in [9.17, 15) is 24.9 Å². The molecule has 0 saturated heterocycles. The standard InChI is InChI=1S/C42H35N5O6/c48-35-20-19-27(21-38(35)51)24-44-40(52)34(22-31-25-43-26-45-31)47(41(53)33-23-37(50)32-17-10-18-36(49)39(32)46-33)42(28-11-4-1-5-12-28,29-13-6-2-7-14-29)30-15-8-3-9-16-30/h1-21,23,25-26,34,48-49,51H,22,24H2,(H,43,45)(H,44,52)(H,46,50)/t34-/m0/s1. The molecular formula is C42H35N5O6. The molecule has 0 bridgehead atoms. The molecule has 1 atom stereocenters. The molecule has 11 heteroatoms. The highest BCUT2D eigenvalue weighted by Gasteiger charge is 2.50. The summed E-state index contributed by atoms with van der Waals surface area (Å²) in [6.07, 6.45) is 3.03. The van der Waals surface area contributed by atoms with Crippen LogP contribution in [0.15, 0.2) is 151 Å². The van der Waals surface area contributed by atoms with Crippen LogP contribution in [0.2, 0.25) is 0 Å². The van der Waals surface area contributed by atoms with E-state index >= 15 is 4.79 Å². The highest BCUT2D eigenvalue weighted by Crippen LogP contribution is 2.45. The monoisotopic (exact) mass is 705 g/mol. The lowest BCUT2D eigenvalue weighted by molar-refractivity contribution is -0.127. The van der Waals surface area contributed by atoms with Crippen molar-refractivity contribution < 1.29 is 24.9 Å². The summed E-state index contributed by atoms with van der Waals surface area (Å²) in [7, 11) is 0. The number of carbonyl (C=O) groups excluding carboxylic acids is 2. The van der Waals surface area contributed by atoms with Gasteiger partial charge >= 0.3 is 0 Å². The number of aromatic hydroxyl groups is 3. The van der Waals surface area contributed by atoms with Gasteiger partial charge in [0.2, 0.25) is 5.91 Å². The van der Waals surface area contributed by atoms with Crippen LogP contribution in [-0.2, 0) is 23.3 Å². The van der Waals surface area contributed by atoms with Crippen molar-refractivity contribution in [2.45, 2.75) is 24.5 Å². The number of phenols is 3. The minimum absolute atomic E-state index is 0.0320. The number of para-hydroxylation sites is 1. The van der Waals surface area contributed by atoms with Crippen LogP contribution in [0, 0.1) is 0 Å². The van der Waals surface area contributed by atoms with E-state index in [-0.39, 0.29) is 46.8 Å². The second-order valence-electron chi connectivity index (χ2n) is 12.6. The second kappa shape index (κ2) is 14.6. The number of rotatable bonds is 11. The Morgan fingerprint density at radius 3 is 1.92 bits per heavy atom. The van der Waals surface area contributed by atoms with Gasteiger partial charge in [0.05, 0.1) is 11.8 Å². The molecule has 264 valence electrons. The van der Waals surface area contributed by atoms with Crippen molar-refractivity contribution in [2.75, 3.05) is 0 Å². The summed E-state index contributed by atoms with van der Waals surface area (Å²) >= 11 is 0. The van der Waals surface area contributed by atoms with Gasteiger partial charge in [0.15, 0.2) is 16.9 Å². The average molecular weight is 706 g/mol. The Kier molecular flexibility index (Phi) is 9.46. The molecule has 0 aliphatic rings. The first-order valence-corrected chi connectivity index (χ1v) is 16.9. The number of nitrogens with one attached hydrogen (secondary N) is 3. The number of hydrogen-bond donors (Lipinski definition) is 6. The quantitative estimate of drug-likeness (QED) is 0.0737. The summed E-state index contributed by atoms with van der Waals surface area (Å²) in [5.74, 6) is -2.13. The lowest BCUT2D eigenvalue weighted by atomic mass is 9.74. The molecule has 5 aromatic carbocycles. The van der Waals surface area contributed by atoms with Gasteiger partial charge in [0, 0.05) is 36.3 Å². The van der Waals surface area contributed by atoms with E-state index in [1.54, 1.807) is 24.4 Å². The van der Waals surface area contributed by atoms with Crippen LogP contribution in [0.5, 0.6) is 17.2 Å². The molecule has 6 N–H and O–H groups in total. The van der Waals surface area contributed by atoms with Gasteiger partial charge in [-0.1, -0.05) is 103 Å². The van der Waals surface area contributed by atoms with Crippen LogP contribution in [0.1, 0.15) is 38.4 Å². The zero-order chi connectivity index (χ0) is 37.0. The van der Waals surface area contributed by atoms with Gasteiger partial charge in [0.25, 0.3) is 5.91 Å². The molecule has 0 unspecified atom stereocenters. The molecule has 0 spiro atoms. The van der Waals surface area contributed by atoms with Crippen LogP contribution in [-0.4, -0.2) is 53.0 Å². The van der Waals surface area contributed by atoms with E-state index in [2.05, 4.69) is 20.3 Å². The molecule has 11 nitrogen and oxygen atoms in total. The fraction of sp³-hybridized carbons (Fsp3) is 0.0952. The number of carbonyl (C=O) groups is 2. The summed E-state index contributed by atoms with van der Waals surface area (Å²) < 4.78 is 0. The number of benzene rings is 5. The normalized spacial score (nSPS) is 11.9. The number of hydrogen-bond acceptors (Lipinski definition) is 7. The number of nitrogens with zero attached hydrogens (tertiary/aromatic N) is 2. The van der Waals surface area contributed by atoms with Crippen LogP contribution < -0.4 is 10.7 Å². The molecule has 0 fully saturated rings. The predicted octanol–water partition coefficient (Wildman–Crippen LogP) is 5.73. The van der Waals surface area contributed by atoms with Crippen molar-refractivity contribution in [1.29, 1.82) is 0 Å². The first kappa shape index (κ1) is 34.3. The molecule has 2 aromatic heterocycles. The Labute approximate surface area is 303 Å². The van der Waals surface area contributed by atoms with Crippen LogP contribution >= 0.6 is 0 Å². The third-order valence-corrected chi connectivity index (χ3v) is 9.32. The van der Waals surface area contributed by atoms with Crippen molar-refractivity contribution in [1.82, 2.24) is 25.2 Å². The van der Waals surface area contributed by atoms with Crippen molar-refractivity contribution >= 4 is 22.7 Å². The Balaban J connectivity index is 1.52. The maximum atomic E-state index is 15.7. The van der Waals surface area contributed by atoms with Gasteiger partial charge in [0.1, 0.15) is 23.0 Å². The molecular weight excluding hydrogens is 670 g/mol. The van der Waals surface area contributed by atoms with Crippen molar-refractivity contribution in [3.05, 3.63) is 190 Å². The maximum absolute atomic E-state index is 15.7. The maximum Gasteiger partial charge on any atom is 0.272 e. The summed E-state index contributed by atoms with van der Waals surface area (Å²) in [6.45, 7) is -0.0517. The van der Waals surface area contributed by atoms with Crippen LogP contribution in [0.25, 0.3) is 10.9 Å². The molecule has 0 aliphatic heterocycles. The summed E-state index contributed by atoms with van der Waals surface area (Å²) in [5.41, 5.74) is 0.957. The van der Waals surface area contributed by atoms with Gasteiger partial charge < -0.3 is 35.5 Å². The number of phenolic OH excluding ortho intramolecular Hbond substituents is 3. The minimum atomic E-state index is -1.50. The number of aromatic amines is 2. The molecule has 0 aliphatic carbocycles. The smallest absolute Gasteiger partial charge is 0.272 e. The Morgan fingerprint density at radius 2 is 1.36 bits per heavy atom. The van der Waals surface area contributed by atoms with Crippen molar-refractivity contribution in [2.24, 2.45) is 0 Å². The lowest BCUT2D eigenvalue weighted by Gasteiger charge is -2.48. The van der Waals surface area contributed by atoms with Crippen LogP contribution in [0.3, 0.4) is 0 Å². The minimum Gasteiger partial charge on any atom is -0.506 e. The Morgan fingerprint density at radius 1 is 0.736 bits per heavy atom. The topological polar surface area (TPSA) is 172 Å². The molecule has 7 aromatic rings. The van der Waals surface area contributed by atoms with E-state index < -0.39 is 28.8 Å². The van der Waals surface area contributed by atoms with E-state index in [1.165, 1.54) is 35.5 Å². The zero-order valence-corrected chi connectivity index (χ0v) is 28.3. The fourth-order valence-electron chi connectivity index (χ4n) is 6.88. The van der Waals surface area contributed by atoms with Gasteiger partial charge in [-0.05, 0) is 46.5 Å². The third kappa shape index (κ3) is 6.59.